The number of hydrogen-bond acceptors (Lipinski definition) is 8. The molecule has 3 aromatic heterocycles. The molecule has 0 bridgehead atoms. The first-order chi connectivity index (χ1) is 16.2. The van der Waals surface area contributed by atoms with E-state index in [1.807, 2.05) is 0 Å². The number of esters is 1. The molecule has 0 unspecified atom stereocenters. The summed E-state index contributed by atoms with van der Waals surface area (Å²) in [5.41, 5.74) is -0.869. The van der Waals surface area contributed by atoms with Crippen molar-refractivity contribution in [1.29, 1.82) is 0 Å². The molecule has 3 heterocycles. The molecule has 9 nitrogen and oxygen atoms in total. The molecule has 0 atom stereocenters. The molecule has 0 saturated carbocycles. The van der Waals surface area contributed by atoms with Gasteiger partial charge in [0, 0.05) is 10.8 Å². The second-order valence-corrected chi connectivity index (χ2v) is 7.49. The number of halogens is 3. The van der Waals surface area contributed by atoms with Crippen molar-refractivity contribution in [3.05, 3.63) is 69.8 Å². The highest BCUT2D eigenvalue weighted by molar-refractivity contribution is 7.16. The molecule has 1 N–H and O–H groups in total. The van der Waals surface area contributed by atoms with Gasteiger partial charge in [-0.3, -0.25) is 9.59 Å². The Morgan fingerprint density at radius 3 is 2.56 bits per heavy atom. The SMILES string of the molecule is CCOC(=O)c1nn(-c2ccc(OC(F)(F)F)cc2)c(=O)c2c(NC(=O)c3ccco3)scc12. The molecule has 0 aliphatic carbocycles. The number of nitrogens with one attached hydrogen (secondary N) is 1. The van der Waals surface area contributed by atoms with Gasteiger partial charge in [0.15, 0.2) is 11.5 Å². The molecule has 4 aromatic rings. The topological polar surface area (TPSA) is 113 Å². The maximum absolute atomic E-state index is 13.3. The number of ether oxygens (including phenoxy) is 2. The number of aromatic nitrogens is 2. The molecule has 0 aliphatic rings. The summed E-state index contributed by atoms with van der Waals surface area (Å²) in [6.45, 7) is 1.63. The third kappa shape index (κ3) is 4.64. The van der Waals surface area contributed by atoms with E-state index in [9.17, 15) is 27.6 Å². The van der Waals surface area contributed by atoms with Crippen molar-refractivity contribution >= 4 is 39.0 Å². The first kappa shape index (κ1) is 23.0. The van der Waals surface area contributed by atoms with Crippen LogP contribution in [0.25, 0.3) is 16.5 Å². The number of furan rings is 1. The lowest BCUT2D eigenvalue weighted by Gasteiger charge is -2.11. The first-order valence-electron chi connectivity index (χ1n) is 9.60. The molecule has 0 aliphatic heterocycles. The van der Waals surface area contributed by atoms with Crippen LogP contribution in [0.1, 0.15) is 28.0 Å². The number of benzene rings is 1. The second kappa shape index (κ2) is 9.02. The van der Waals surface area contributed by atoms with E-state index in [4.69, 9.17) is 9.15 Å². The standard InChI is InChI=1S/C21H14F3N3O6S/c1-2-31-20(30)16-13-10-34-18(25-17(28)14-4-3-9-32-14)15(13)19(29)27(26-16)11-5-7-12(8-6-11)33-21(22,23)24/h3-10H,2H2,1H3,(H,25,28). The lowest BCUT2D eigenvalue weighted by Crippen LogP contribution is -2.25. The molecule has 0 spiro atoms. The highest BCUT2D eigenvalue weighted by Gasteiger charge is 2.31. The summed E-state index contributed by atoms with van der Waals surface area (Å²) in [7, 11) is 0. The zero-order chi connectivity index (χ0) is 24.5. The van der Waals surface area contributed by atoms with Crippen molar-refractivity contribution in [2.45, 2.75) is 13.3 Å². The summed E-state index contributed by atoms with van der Waals surface area (Å²) in [6.07, 6.45) is -3.58. The Hall–Kier alpha value is -4.13. The molecule has 0 radical (unpaired) electrons. The van der Waals surface area contributed by atoms with Crippen molar-refractivity contribution in [3.8, 4) is 11.4 Å². The van der Waals surface area contributed by atoms with E-state index in [0.29, 0.717) is 0 Å². The van der Waals surface area contributed by atoms with E-state index in [-0.39, 0.29) is 39.5 Å². The molecular weight excluding hydrogens is 479 g/mol. The summed E-state index contributed by atoms with van der Waals surface area (Å²) >= 11 is 0.985. The summed E-state index contributed by atoms with van der Waals surface area (Å²) in [4.78, 5) is 38.3. The number of rotatable bonds is 6. The fraction of sp³-hybridized carbons (Fsp3) is 0.143. The summed E-state index contributed by atoms with van der Waals surface area (Å²) in [6, 6.07) is 7.28. The maximum atomic E-state index is 13.3. The molecular formula is C21H14F3N3O6S. The Morgan fingerprint density at radius 1 is 1.21 bits per heavy atom. The minimum absolute atomic E-state index is 0.00167. The Kier molecular flexibility index (Phi) is 6.11. The highest BCUT2D eigenvalue weighted by Crippen LogP contribution is 2.31. The predicted molar refractivity (Wildman–Crippen MR) is 115 cm³/mol. The van der Waals surface area contributed by atoms with Crippen LogP contribution in [0.4, 0.5) is 18.2 Å². The Morgan fingerprint density at radius 2 is 1.94 bits per heavy atom. The molecule has 34 heavy (non-hydrogen) atoms. The average Bonchev–Trinajstić information content (AvgIpc) is 3.45. The van der Waals surface area contributed by atoms with Crippen LogP contribution in [0.15, 0.2) is 57.3 Å². The van der Waals surface area contributed by atoms with Gasteiger partial charge in [-0.2, -0.15) is 9.78 Å². The van der Waals surface area contributed by atoms with E-state index in [1.165, 1.54) is 35.9 Å². The van der Waals surface area contributed by atoms with Crippen molar-refractivity contribution < 1.29 is 36.7 Å². The van der Waals surface area contributed by atoms with Crippen LogP contribution in [-0.2, 0) is 4.74 Å². The number of carbonyl (C=O) groups is 2. The van der Waals surface area contributed by atoms with E-state index in [2.05, 4.69) is 15.2 Å². The maximum Gasteiger partial charge on any atom is 0.573 e. The molecule has 13 heteroatoms. The van der Waals surface area contributed by atoms with Gasteiger partial charge in [-0.25, -0.2) is 4.79 Å². The molecule has 0 fully saturated rings. The number of hydrogen-bond donors (Lipinski definition) is 1. The highest BCUT2D eigenvalue weighted by atomic mass is 32.1. The van der Waals surface area contributed by atoms with Gasteiger partial charge in [0.25, 0.3) is 11.5 Å². The van der Waals surface area contributed by atoms with Crippen LogP contribution in [0, 0.1) is 0 Å². The van der Waals surface area contributed by atoms with Crippen LogP contribution in [0.3, 0.4) is 0 Å². The third-order valence-corrected chi connectivity index (χ3v) is 5.30. The fourth-order valence-electron chi connectivity index (χ4n) is 3.03. The largest absolute Gasteiger partial charge is 0.573 e. The van der Waals surface area contributed by atoms with Gasteiger partial charge in [-0.15, -0.1) is 24.5 Å². The van der Waals surface area contributed by atoms with Crippen LogP contribution in [0.5, 0.6) is 5.75 Å². The molecule has 4 rings (SSSR count). The van der Waals surface area contributed by atoms with E-state index in [0.717, 1.165) is 28.2 Å². The number of carbonyl (C=O) groups excluding carboxylic acids is 2. The molecule has 1 aromatic carbocycles. The van der Waals surface area contributed by atoms with Gasteiger partial charge >= 0.3 is 12.3 Å². The van der Waals surface area contributed by atoms with Crippen LogP contribution >= 0.6 is 11.3 Å². The normalized spacial score (nSPS) is 11.4. The van der Waals surface area contributed by atoms with Crippen molar-refractivity contribution in [3.63, 3.8) is 0 Å². The van der Waals surface area contributed by atoms with Crippen molar-refractivity contribution in [2.75, 3.05) is 11.9 Å². The van der Waals surface area contributed by atoms with Crippen molar-refractivity contribution in [2.24, 2.45) is 0 Å². The number of thiophene rings is 1. The number of amides is 1. The zero-order valence-corrected chi connectivity index (χ0v) is 18.0. The van der Waals surface area contributed by atoms with Gasteiger partial charge < -0.3 is 19.2 Å². The summed E-state index contributed by atoms with van der Waals surface area (Å²) in [5.74, 6) is -1.94. The first-order valence-corrected chi connectivity index (χ1v) is 10.5. The van der Waals surface area contributed by atoms with Gasteiger partial charge in [0.1, 0.15) is 10.8 Å². The number of nitrogens with zero attached hydrogens (tertiary/aromatic N) is 2. The molecule has 0 saturated heterocycles. The Bertz CT molecular complexity index is 1410. The lowest BCUT2D eigenvalue weighted by atomic mass is 10.2. The molecule has 1 amide bonds. The Balaban J connectivity index is 1.83. The van der Waals surface area contributed by atoms with E-state index in [1.54, 1.807) is 6.92 Å². The van der Waals surface area contributed by atoms with E-state index >= 15 is 0 Å². The monoisotopic (exact) mass is 493 g/mol. The zero-order valence-electron chi connectivity index (χ0n) is 17.2. The van der Waals surface area contributed by atoms with Gasteiger partial charge in [-0.1, -0.05) is 0 Å². The predicted octanol–water partition coefficient (Wildman–Crippen LogP) is 4.37. The second-order valence-electron chi connectivity index (χ2n) is 6.61. The summed E-state index contributed by atoms with van der Waals surface area (Å²) in [5, 5.41) is 8.36. The minimum Gasteiger partial charge on any atom is -0.461 e. The van der Waals surface area contributed by atoms with Crippen LogP contribution < -0.4 is 15.6 Å². The minimum atomic E-state index is -4.88. The fourth-order valence-corrected chi connectivity index (χ4v) is 3.96. The number of fused-ring (bicyclic) bond motifs is 1. The smallest absolute Gasteiger partial charge is 0.461 e. The average molecular weight is 493 g/mol. The number of anilines is 1. The van der Waals surface area contributed by atoms with Crippen LogP contribution in [-0.4, -0.2) is 34.6 Å². The number of alkyl halides is 3. The van der Waals surface area contributed by atoms with Crippen molar-refractivity contribution in [1.82, 2.24) is 9.78 Å². The Labute approximate surface area is 192 Å². The van der Waals surface area contributed by atoms with Crippen LogP contribution in [0.2, 0.25) is 0 Å². The third-order valence-electron chi connectivity index (χ3n) is 4.41. The van der Waals surface area contributed by atoms with Gasteiger partial charge in [0.05, 0.1) is 23.9 Å². The van der Waals surface area contributed by atoms with Gasteiger partial charge in [0.2, 0.25) is 0 Å². The van der Waals surface area contributed by atoms with Gasteiger partial charge in [-0.05, 0) is 43.3 Å². The quantitative estimate of drug-likeness (QED) is 0.397. The molecule has 176 valence electrons. The van der Waals surface area contributed by atoms with E-state index < -0.39 is 29.5 Å². The summed E-state index contributed by atoms with van der Waals surface area (Å²) < 4.78 is 52.1. The lowest BCUT2D eigenvalue weighted by molar-refractivity contribution is -0.274.